The van der Waals surface area contributed by atoms with Crippen molar-refractivity contribution in [2.24, 2.45) is 4.99 Å². The molecule has 2 heterocycles. The topological polar surface area (TPSA) is 34.5 Å². The van der Waals surface area contributed by atoms with E-state index in [0.717, 1.165) is 0 Å². The third-order valence-electron chi connectivity index (χ3n) is 1.98. The summed E-state index contributed by atoms with van der Waals surface area (Å²) in [6, 6.07) is 3.41. The molecule has 0 amide bonds. The Bertz CT molecular complexity index is 383. The zero-order chi connectivity index (χ0) is 10.2. The standard InChI is InChI=1S/C11H11N2O/c1-8-5-4-6-12-9(8)10-13-11(2,3)7-14-10/h4-6H,7H2,2-3H3/q-1. The highest BCUT2D eigenvalue weighted by atomic mass is 16.5. The molecule has 3 heteroatoms. The van der Waals surface area contributed by atoms with Crippen LogP contribution in [0.2, 0.25) is 0 Å². The summed E-state index contributed by atoms with van der Waals surface area (Å²) in [7, 11) is 0. The van der Waals surface area contributed by atoms with Gasteiger partial charge in [0, 0.05) is 11.9 Å². The van der Waals surface area contributed by atoms with Gasteiger partial charge in [0.1, 0.15) is 6.61 Å². The van der Waals surface area contributed by atoms with Gasteiger partial charge in [0.25, 0.3) is 0 Å². The van der Waals surface area contributed by atoms with Crippen LogP contribution in [0.5, 0.6) is 0 Å². The molecule has 1 aromatic heterocycles. The number of rotatable bonds is 1. The minimum atomic E-state index is -0.195. The number of ether oxygens (including phenoxy) is 1. The summed E-state index contributed by atoms with van der Waals surface area (Å²) in [5.41, 5.74) is 0.682. The van der Waals surface area contributed by atoms with Gasteiger partial charge in [-0.25, -0.2) is 6.92 Å². The third-order valence-corrected chi connectivity index (χ3v) is 1.98. The third kappa shape index (κ3) is 1.58. The average Bonchev–Trinajstić information content (AvgIpc) is 2.47. The molecule has 0 unspecified atom stereocenters. The van der Waals surface area contributed by atoms with Crippen molar-refractivity contribution < 1.29 is 4.74 Å². The van der Waals surface area contributed by atoms with Crippen LogP contribution in [-0.2, 0) is 4.74 Å². The molecule has 2 rings (SSSR count). The molecule has 0 N–H and O–H groups in total. The van der Waals surface area contributed by atoms with E-state index in [4.69, 9.17) is 11.7 Å². The van der Waals surface area contributed by atoms with Crippen molar-refractivity contribution in [3.63, 3.8) is 0 Å². The van der Waals surface area contributed by atoms with E-state index >= 15 is 0 Å². The highest BCUT2D eigenvalue weighted by molar-refractivity contribution is 5.95. The van der Waals surface area contributed by atoms with Crippen molar-refractivity contribution in [2.45, 2.75) is 19.4 Å². The highest BCUT2D eigenvalue weighted by Gasteiger charge is 2.25. The molecule has 1 aliphatic heterocycles. The molecule has 72 valence electrons. The largest absolute Gasteiger partial charge is 0.483 e. The smallest absolute Gasteiger partial charge is 0.176 e. The Hall–Kier alpha value is -1.51. The molecule has 0 aliphatic carbocycles. The second-order valence-electron chi connectivity index (χ2n) is 3.92. The van der Waals surface area contributed by atoms with Crippen LogP contribution in [0.25, 0.3) is 0 Å². The fourth-order valence-electron chi connectivity index (χ4n) is 1.28. The molecule has 0 aromatic carbocycles. The summed E-state index contributed by atoms with van der Waals surface area (Å²) in [4.78, 5) is 8.45. The van der Waals surface area contributed by atoms with E-state index in [0.29, 0.717) is 23.8 Å². The van der Waals surface area contributed by atoms with Crippen LogP contribution in [-0.4, -0.2) is 23.0 Å². The molecule has 3 nitrogen and oxygen atoms in total. The molecule has 14 heavy (non-hydrogen) atoms. The summed E-state index contributed by atoms with van der Waals surface area (Å²) < 4.78 is 5.40. The second-order valence-corrected chi connectivity index (χ2v) is 3.92. The summed E-state index contributed by atoms with van der Waals surface area (Å²) >= 11 is 0. The van der Waals surface area contributed by atoms with Gasteiger partial charge in [0.05, 0.1) is 5.54 Å². The van der Waals surface area contributed by atoms with Gasteiger partial charge in [-0.2, -0.15) is 11.6 Å². The van der Waals surface area contributed by atoms with Crippen LogP contribution in [0.4, 0.5) is 0 Å². The SMILES string of the molecule is [C-]c1cccnc1C1=NC(C)(C)CO1. The van der Waals surface area contributed by atoms with Crippen molar-refractivity contribution in [1.82, 2.24) is 4.98 Å². The molecular weight excluding hydrogens is 176 g/mol. The maximum absolute atomic E-state index is 7.64. The Balaban J connectivity index is 2.38. The normalized spacial score (nSPS) is 18.9. The molecule has 2 radical (unpaired) electrons. The Morgan fingerprint density at radius 1 is 1.50 bits per heavy atom. The number of hydrogen-bond acceptors (Lipinski definition) is 3. The summed E-state index contributed by atoms with van der Waals surface area (Å²) in [5.74, 6) is 0.487. The first-order chi connectivity index (χ1) is 6.58. The van der Waals surface area contributed by atoms with E-state index < -0.39 is 0 Å². The molecule has 0 saturated carbocycles. The quantitative estimate of drug-likeness (QED) is 0.625. The lowest BCUT2D eigenvalue weighted by Gasteiger charge is -2.10. The molecule has 0 spiro atoms. The van der Waals surface area contributed by atoms with Crippen LogP contribution >= 0.6 is 0 Å². The Labute approximate surface area is 83.8 Å². The molecule has 1 aromatic rings. The van der Waals surface area contributed by atoms with Crippen LogP contribution < -0.4 is 0 Å². The van der Waals surface area contributed by atoms with Gasteiger partial charge in [0.15, 0.2) is 5.90 Å². The maximum atomic E-state index is 7.64. The fraction of sp³-hybridized carbons (Fsp3) is 0.364. The van der Waals surface area contributed by atoms with Crippen molar-refractivity contribution in [2.75, 3.05) is 6.61 Å². The molecule has 0 saturated heterocycles. The number of aliphatic imine (C=N–C) groups is 1. The van der Waals surface area contributed by atoms with Gasteiger partial charge >= 0.3 is 0 Å². The summed E-state index contributed by atoms with van der Waals surface area (Å²) in [6.45, 7) is 12.2. The molecular formula is C11H11N2O-. The number of aromatic nitrogens is 1. The van der Waals surface area contributed by atoms with E-state index in [1.54, 1.807) is 18.3 Å². The van der Waals surface area contributed by atoms with Crippen LogP contribution in [0, 0.1) is 6.92 Å². The Morgan fingerprint density at radius 2 is 2.29 bits per heavy atom. The lowest BCUT2D eigenvalue weighted by atomic mass is 10.1. The van der Waals surface area contributed by atoms with Gasteiger partial charge < -0.3 is 9.72 Å². The number of pyridine rings is 1. The van der Waals surface area contributed by atoms with Crippen molar-refractivity contribution in [3.8, 4) is 0 Å². The predicted octanol–water partition coefficient (Wildman–Crippen LogP) is 1.57. The van der Waals surface area contributed by atoms with E-state index in [1.165, 1.54) is 0 Å². The predicted molar refractivity (Wildman–Crippen MR) is 53.2 cm³/mol. The van der Waals surface area contributed by atoms with Gasteiger partial charge in [-0.1, -0.05) is 0 Å². The van der Waals surface area contributed by atoms with Crippen molar-refractivity contribution >= 4 is 5.90 Å². The molecule has 0 fully saturated rings. The van der Waals surface area contributed by atoms with Gasteiger partial charge in [-0.05, 0) is 13.8 Å². The zero-order valence-corrected chi connectivity index (χ0v) is 8.24. The minimum absolute atomic E-state index is 0.195. The summed E-state index contributed by atoms with van der Waals surface area (Å²) in [6.07, 6.45) is 1.64. The van der Waals surface area contributed by atoms with Crippen LogP contribution in [0.15, 0.2) is 23.3 Å². The molecule has 1 aliphatic rings. The first-order valence-electron chi connectivity index (χ1n) is 4.48. The van der Waals surface area contributed by atoms with E-state index in [2.05, 4.69) is 9.98 Å². The van der Waals surface area contributed by atoms with Crippen molar-refractivity contribution in [3.05, 3.63) is 36.5 Å². The number of nitrogens with zero attached hydrogens (tertiary/aromatic N) is 2. The Morgan fingerprint density at radius 3 is 2.86 bits per heavy atom. The van der Waals surface area contributed by atoms with Crippen LogP contribution in [0.3, 0.4) is 0 Å². The lowest BCUT2D eigenvalue weighted by molar-refractivity contribution is 0.279. The molecule has 0 atom stereocenters. The highest BCUT2D eigenvalue weighted by Crippen LogP contribution is 2.20. The van der Waals surface area contributed by atoms with Crippen LogP contribution in [0.1, 0.15) is 25.1 Å². The summed E-state index contributed by atoms with van der Waals surface area (Å²) in [5, 5.41) is 0. The fourth-order valence-corrected chi connectivity index (χ4v) is 1.28. The van der Waals surface area contributed by atoms with Gasteiger partial charge in [-0.15, -0.1) is 6.07 Å². The van der Waals surface area contributed by atoms with E-state index in [1.807, 2.05) is 13.8 Å². The lowest BCUT2D eigenvalue weighted by Crippen LogP contribution is -2.17. The van der Waals surface area contributed by atoms with E-state index in [-0.39, 0.29) is 5.54 Å². The monoisotopic (exact) mass is 187 g/mol. The average molecular weight is 187 g/mol. The van der Waals surface area contributed by atoms with Gasteiger partial charge in [0.2, 0.25) is 0 Å². The number of hydrogen-bond donors (Lipinski definition) is 0. The first kappa shape index (κ1) is 9.06. The molecule has 0 bridgehead atoms. The maximum Gasteiger partial charge on any atom is 0.176 e. The van der Waals surface area contributed by atoms with Crippen molar-refractivity contribution in [1.29, 1.82) is 0 Å². The zero-order valence-electron chi connectivity index (χ0n) is 8.24. The van der Waals surface area contributed by atoms with Gasteiger partial charge in [-0.3, -0.25) is 4.99 Å². The Kier molecular flexibility index (Phi) is 1.95. The first-order valence-corrected chi connectivity index (χ1v) is 4.48. The second kappa shape index (κ2) is 3.01. The minimum Gasteiger partial charge on any atom is -0.483 e. The van der Waals surface area contributed by atoms with E-state index in [9.17, 15) is 0 Å².